The molecule has 1 aromatic heterocycles. The molecular weight excluding hydrogens is 172 g/mol. The van der Waals surface area contributed by atoms with E-state index in [1.807, 2.05) is 6.20 Å². The Hall–Kier alpha value is -1.83. The van der Waals surface area contributed by atoms with Gasteiger partial charge in [0.25, 0.3) is 0 Å². The summed E-state index contributed by atoms with van der Waals surface area (Å²) in [5.41, 5.74) is 3.92. The van der Waals surface area contributed by atoms with Crippen LogP contribution >= 0.6 is 0 Å². The summed E-state index contributed by atoms with van der Waals surface area (Å²) in [4.78, 5) is 7.41. The number of aromatic amines is 1. The van der Waals surface area contributed by atoms with Gasteiger partial charge < -0.3 is 4.98 Å². The molecule has 0 radical (unpaired) electrons. The van der Waals surface area contributed by atoms with E-state index < -0.39 is 0 Å². The zero-order chi connectivity index (χ0) is 9.38. The Bertz CT molecular complexity index is 481. The standard InChI is InChI=1S/C12H10N2/c1-2-4-10-9(3-1)5-6-11(10)12-13-7-8-14-12/h1-4,6-8H,5H2,(H,13,14). The zero-order valence-electron chi connectivity index (χ0n) is 7.70. The Labute approximate surface area is 82.3 Å². The minimum atomic E-state index is 0.968. The number of rotatable bonds is 1. The van der Waals surface area contributed by atoms with Crippen LogP contribution in [-0.2, 0) is 6.42 Å². The van der Waals surface area contributed by atoms with E-state index in [0.717, 1.165) is 12.2 Å². The lowest BCUT2D eigenvalue weighted by Crippen LogP contribution is -1.88. The van der Waals surface area contributed by atoms with Crippen molar-refractivity contribution in [2.45, 2.75) is 6.42 Å². The predicted octanol–water partition coefficient (Wildman–Crippen LogP) is 2.40. The fourth-order valence-electron chi connectivity index (χ4n) is 1.92. The summed E-state index contributed by atoms with van der Waals surface area (Å²) < 4.78 is 0. The maximum atomic E-state index is 4.27. The summed E-state index contributed by atoms with van der Waals surface area (Å²) in [5, 5.41) is 0. The van der Waals surface area contributed by atoms with Crippen molar-refractivity contribution in [1.29, 1.82) is 0 Å². The quantitative estimate of drug-likeness (QED) is 0.720. The molecule has 0 saturated carbocycles. The van der Waals surface area contributed by atoms with Crippen LogP contribution in [0.25, 0.3) is 5.57 Å². The van der Waals surface area contributed by atoms with Crippen molar-refractivity contribution in [3.8, 4) is 0 Å². The first-order chi connectivity index (χ1) is 6.95. The topological polar surface area (TPSA) is 28.7 Å². The van der Waals surface area contributed by atoms with E-state index in [2.05, 4.69) is 40.3 Å². The number of imidazole rings is 1. The first kappa shape index (κ1) is 7.56. The van der Waals surface area contributed by atoms with Gasteiger partial charge in [0.1, 0.15) is 5.82 Å². The maximum absolute atomic E-state index is 4.27. The number of benzene rings is 1. The van der Waals surface area contributed by atoms with Gasteiger partial charge >= 0.3 is 0 Å². The number of fused-ring (bicyclic) bond motifs is 1. The average molecular weight is 182 g/mol. The summed E-state index contributed by atoms with van der Waals surface area (Å²) in [5.74, 6) is 0.968. The molecule has 2 nitrogen and oxygen atoms in total. The third-order valence-corrected chi connectivity index (χ3v) is 2.59. The van der Waals surface area contributed by atoms with Gasteiger partial charge in [-0.2, -0.15) is 0 Å². The molecule has 0 spiro atoms. The van der Waals surface area contributed by atoms with Crippen LogP contribution in [0.3, 0.4) is 0 Å². The van der Waals surface area contributed by atoms with E-state index in [-0.39, 0.29) is 0 Å². The van der Waals surface area contributed by atoms with Crippen molar-refractivity contribution >= 4 is 5.57 Å². The predicted molar refractivity (Wildman–Crippen MR) is 55.8 cm³/mol. The highest BCUT2D eigenvalue weighted by Gasteiger charge is 2.15. The number of hydrogen-bond acceptors (Lipinski definition) is 1. The van der Waals surface area contributed by atoms with Crippen molar-refractivity contribution in [1.82, 2.24) is 9.97 Å². The minimum Gasteiger partial charge on any atom is -0.345 e. The van der Waals surface area contributed by atoms with E-state index in [4.69, 9.17) is 0 Å². The summed E-state index contributed by atoms with van der Waals surface area (Å²) in [6.07, 6.45) is 6.89. The van der Waals surface area contributed by atoms with Crippen LogP contribution in [0.1, 0.15) is 17.0 Å². The van der Waals surface area contributed by atoms with Crippen LogP contribution in [0.15, 0.2) is 42.7 Å². The van der Waals surface area contributed by atoms with Crippen LogP contribution in [-0.4, -0.2) is 9.97 Å². The molecule has 1 aliphatic rings. The molecular formula is C12H10N2. The summed E-state index contributed by atoms with van der Waals surface area (Å²) in [7, 11) is 0. The van der Waals surface area contributed by atoms with Gasteiger partial charge in [-0.25, -0.2) is 4.98 Å². The highest BCUT2D eigenvalue weighted by molar-refractivity contribution is 5.81. The smallest absolute Gasteiger partial charge is 0.137 e. The fourth-order valence-corrected chi connectivity index (χ4v) is 1.92. The third-order valence-electron chi connectivity index (χ3n) is 2.59. The molecule has 2 heteroatoms. The number of H-pyrrole nitrogens is 1. The first-order valence-electron chi connectivity index (χ1n) is 4.73. The van der Waals surface area contributed by atoms with E-state index in [1.54, 1.807) is 6.20 Å². The van der Waals surface area contributed by atoms with E-state index >= 15 is 0 Å². The number of aromatic nitrogens is 2. The van der Waals surface area contributed by atoms with Gasteiger partial charge in [0.05, 0.1) is 0 Å². The molecule has 0 aliphatic heterocycles. The molecule has 1 aromatic carbocycles. The van der Waals surface area contributed by atoms with Crippen molar-refractivity contribution in [3.63, 3.8) is 0 Å². The first-order valence-corrected chi connectivity index (χ1v) is 4.73. The number of allylic oxidation sites excluding steroid dienone is 1. The lowest BCUT2D eigenvalue weighted by Gasteiger charge is -2.01. The second-order valence-electron chi connectivity index (χ2n) is 3.42. The summed E-state index contributed by atoms with van der Waals surface area (Å²) in [6, 6.07) is 8.47. The molecule has 3 rings (SSSR count). The fraction of sp³-hybridized carbons (Fsp3) is 0.0833. The van der Waals surface area contributed by atoms with Crippen LogP contribution in [0.2, 0.25) is 0 Å². The average Bonchev–Trinajstić information content (AvgIpc) is 2.85. The highest BCUT2D eigenvalue weighted by Crippen LogP contribution is 2.30. The van der Waals surface area contributed by atoms with Gasteiger partial charge in [0, 0.05) is 18.0 Å². The molecule has 2 aromatic rings. The highest BCUT2D eigenvalue weighted by atomic mass is 14.9. The van der Waals surface area contributed by atoms with Crippen LogP contribution in [0.4, 0.5) is 0 Å². The van der Waals surface area contributed by atoms with E-state index in [9.17, 15) is 0 Å². The monoisotopic (exact) mass is 182 g/mol. The summed E-state index contributed by atoms with van der Waals surface area (Å²) in [6.45, 7) is 0. The van der Waals surface area contributed by atoms with Gasteiger partial charge in [-0.3, -0.25) is 0 Å². The van der Waals surface area contributed by atoms with E-state index in [0.29, 0.717) is 0 Å². The molecule has 0 saturated heterocycles. The molecule has 1 aliphatic carbocycles. The number of nitrogens with zero attached hydrogens (tertiary/aromatic N) is 1. The molecule has 0 unspecified atom stereocenters. The largest absolute Gasteiger partial charge is 0.345 e. The van der Waals surface area contributed by atoms with Crippen LogP contribution in [0, 0.1) is 0 Å². The second kappa shape index (κ2) is 2.84. The maximum Gasteiger partial charge on any atom is 0.137 e. The Kier molecular flexibility index (Phi) is 1.53. The Balaban J connectivity index is 2.14. The zero-order valence-corrected chi connectivity index (χ0v) is 7.70. The molecule has 0 amide bonds. The molecule has 1 N–H and O–H groups in total. The molecule has 0 atom stereocenters. The van der Waals surface area contributed by atoms with Gasteiger partial charge in [-0.05, 0) is 17.5 Å². The van der Waals surface area contributed by atoms with Crippen LogP contribution < -0.4 is 0 Å². The molecule has 0 fully saturated rings. The Morgan fingerprint density at radius 3 is 3.00 bits per heavy atom. The molecule has 68 valence electrons. The molecule has 1 heterocycles. The Morgan fingerprint density at radius 2 is 2.14 bits per heavy atom. The molecule has 14 heavy (non-hydrogen) atoms. The van der Waals surface area contributed by atoms with Crippen molar-refractivity contribution in [2.24, 2.45) is 0 Å². The Morgan fingerprint density at radius 1 is 1.21 bits per heavy atom. The van der Waals surface area contributed by atoms with E-state index in [1.165, 1.54) is 16.7 Å². The third kappa shape index (κ3) is 1.01. The van der Waals surface area contributed by atoms with Crippen LogP contribution in [0.5, 0.6) is 0 Å². The lowest BCUT2D eigenvalue weighted by molar-refractivity contribution is 1.24. The second-order valence-corrected chi connectivity index (χ2v) is 3.42. The van der Waals surface area contributed by atoms with Gasteiger partial charge in [0.15, 0.2) is 0 Å². The van der Waals surface area contributed by atoms with Gasteiger partial charge in [0.2, 0.25) is 0 Å². The SMILES string of the molecule is C1=C(c2ncc[nH]2)c2ccccc2C1. The number of hydrogen-bond donors (Lipinski definition) is 1. The van der Waals surface area contributed by atoms with Gasteiger partial charge in [-0.1, -0.05) is 30.3 Å². The normalized spacial score (nSPS) is 13.9. The van der Waals surface area contributed by atoms with Crippen molar-refractivity contribution < 1.29 is 0 Å². The van der Waals surface area contributed by atoms with Crippen molar-refractivity contribution in [2.75, 3.05) is 0 Å². The van der Waals surface area contributed by atoms with Gasteiger partial charge in [-0.15, -0.1) is 0 Å². The minimum absolute atomic E-state index is 0.968. The molecule has 0 bridgehead atoms. The number of nitrogens with one attached hydrogen (secondary N) is 1. The van der Waals surface area contributed by atoms with Crippen molar-refractivity contribution in [3.05, 3.63) is 59.7 Å². The lowest BCUT2D eigenvalue weighted by atomic mass is 10.1. The summed E-state index contributed by atoms with van der Waals surface area (Å²) >= 11 is 0.